The molecular formula is C17H30N2O3. The Morgan fingerprint density at radius 3 is 2.41 bits per heavy atom. The van der Waals surface area contributed by atoms with Crippen LogP contribution in [-0.4, -0.2) is 49.5 Å². The SMILES string of the molecule is CCOc1cc(CCCN(CC)CCO)cc(N)c1OCC. The lowest BCUT2D eigenvalue weighted by molar-refractivity contribution is 0.200. The maximum absolute atomic E-state index is 9.01. The van der Waals surface area contributed by atoms with Gasteiger partial charge in [-0.1, -0.05) is 6.92 Å². The number of nitrogens with zero attached hydrogens (tertiary/aromatic N) is 1. The molecule has 0 fully saturated rings. The number of anilines is 1. The van der Waals surface area contributed by atoms with E-state index in [1.165, 1.54) is 0 Å². The molecule has 5 heteroatoms. The molecule has 0 aliphatic carbocycles. The topological polar surface area (TPSA) is 68.0 Å². The minimum absolute atomic E-state index is 0.207. The molecule has 0 saturated heterocycles. The monoisotopic (exact) mass is 310 g/mol. The van der Waals surface area contributed by atoms with Gasteiger partial charge >= 0.3 is 0 Å². The van der Waals surface area contributed by atoms with Gasteiger partial charge in [0.25, 0.3) is 0 Å². The summed E-state index contributed by atoms with van der Waals surface area (Å²) in [5.41, 5.74) is 7.88. The molecule has 0 aliphatic heterocycles. The molecule has 126 valence electrons. The average Bonchev–Trinajstić information content (AvgIpc) is 2.50. The summed E-state index contributed by atoms with van der Waals surface area (Å²) in [6.45, 7) is 10.0. The van der Waals surface area contributed by atoms with E-state index in [1.54, 1.807) is 0 Å². The van der Waals surface area contributed by atoms with Crippen molar-refractivity contribution in [2.75, 3.05) is 45.2 Å². The Labute approximate surface area is 134 Å². The summed E-state index contributed by atoms with van der Waals surface area (Å²) in [5, 5.41) is 9.01. The molecule has 0 radical (unpaired) electrons. The molecule has 0 spiro atoms. The highest BCUT2D eigenvalue weighted by Gasteiger charge is 2.11. The van der Waals surface area contributed by atoms with E-state index in [1.807, 2.05) is 26.0 Å². The van der Waals surface area contributed by atoms with Crippen molar-refractivity contribution in [2.24, 2.45) is 0 Å². The smallest absolute Gasteiger partial charge is 0.184 e. The molecule has 1 aromatic carbocycles. The number of rotatable bonds is 11. The summed E-state index contributed by atoms with van der Waals surface area (Å²) in [7, 11) is 0. The van der Waals surface area contributed by atoms with Crippen LogP contribution in [0.4, 0.5) is 5.69 Å². The first kappa shape index (κ1) is 18.6. The number of ether oxygens (including phenoxy) is 2. The highest BCUT2D eigenvalue weighted by atomic mass is 16.5. The number of hydrogen-bond acceptors (Lipinski definition) is 5. The van der Waals surface area contributed by atoms with Gasteiger partial charge in [0, 0.05) is 6.54 Å². The molecule has 0 aliphatic rings. The summed E-state index contributed by atoms with van der Waals surface area (Å²) in [5.74, 6) is 1.37. The Kier molecular flexibility index (Phi) is 8.70. The third kappa shape index (κ3) is 5.73. The van der Waals surface area contributed by atoms with Gasteiger partial charge in [-0.15, -0.1) is 0 Å². The number of likely N-dealkylation sites (N-methyl/N-ethyl adjacent to an activating group) is 1. The Morgan fingerprint density at radius 1 is 1.09 bits per heavy atom. The molecule has 0 unspecified atom stereocenters. The average molecular weight is 310 g/mol. The molecule has 1 rings (SSSR count). The van der Waals surface area contributed by atoms with Crippen LogP contribution in [0.3, 0.4) is 0 Å². The second-order valence-electron chi connectivity index (χ2n) is 5.14. The van der Waals surface area contributed by atoms with E-state index in [4.69, 9.17) is 20.3 Å². The Bertz CT molecular complexity index is 438. The summed E-state index contributed by atoms with van der Waals surface area (Å²) in [4.78, 5) is 2.24. The first-order valence-corrected chi connectivity index (χ1v) is 8.17. The molecular weight excluding hydrogens is 280 g/mol. The lowest BCUT2D eigenvalue weighted by atomic mass is 10.1. The largest absolute Gasteiger partial charge is 0.490 e. The van der Waals surface area contributed by atoms with Crippen molar-refractivity contribution in [3.05, 3.63) is 17.7 Å². The standard InChI is InChI=1S/C17H30N2O3/c1-4-19(10-11-20)9-7-8-14-12-15(18)17(22-6-3)16(13-14)21-5-2/h12-13,20H,4-11,18H2,1-3H3. The van der Waals surface area contributed by atoms with Crippen LogP contribution in [0.5, 0.6) is 11.5 Å². The van der Waals surface area contributed by atoms with Crippen molar-refractivity contribution in [3.8, 4) is 11.5 Å². The second-order valence-corrected chi connectivity index (χ2v) is 5.14. The molecule has 0 saturated carbocycles. The van der Waals surface area contributed by atoms with Gasteiger partial charge in [0.1, 0.15) is 0 Å². The summed E-state index contributed by atoms with van der Waals surface area (Å²) < 4.78 is 11.2. The van der Waals surface area contributed by atoms with Crippen LogP contribution in [0, 0.1) is 0 Å². The molecule has 0 heterocycles. The number of aryl methyl sites for hydroxylation is 1. The number of benzene rings is 1. The maximum Gasteiger partial charge on any atom is 0.184 e. The normalized spacial score (nSPS) is 11.0. The fourth-order valence-electron chi connectivity index (χ4n) is 2.47. The molecule has 0 bridgehead atoms. The van der Waals surface area contributed by atoms with E-state index in [9.17, 15) is 0 Å². The number of hydrogen-bond donors (Lipinski definition) is 2. The first-order chi connectivity index (χ1) is 10.7. The number of nitrogens with two attached hydrogens (primary N) is 1. The molecule has 1 aromatic rings. The molecule has 22 heavy (non-hydrogen) atoms. The zero-order chi connectivity index (χ0) is 16.4. The molecule has 0 atom stereocenters. The van der Waals surface area contributed by atoms with Crippen molar-refractivity contribution in [1.82, 2.24) is 4.90 Å². The second kappa shape index (κ2) is 10.3. The van der Waals surface area contributed by atoms with Crippen molar-refractivity contribution in [1.29, 1.82) is 0 Å². The predicted octanol–water partition coefficient (Wildman–Crippen LogP) is 2.31. The zero-order valence-corrected chi connectivity index (χ0v) is 14.1. The van der Waals surface area contributed by atoms with Gasteiger partial charge < -0.3 is 25.2 Å². The zero-order valence-electron chi connectivity index (χ0n) is 14.1. The van der Waals surface area contributed by atoms with Crippen molar-refractivity contribution in [3.63, 3.8) is 0 Å². The van der Waals surface area contributed by atoms with Gasteiger partial charge in [0.2, 0.25) is 0 Å². The van der Waals surface area contributed by atoms with Crippen LogP contribution in [0.15, 0.2) is 12.1 Å². The fraction of sp³-hybridized carbons (Fsp3) is 0.647. The summed E-state index contributed by atoms with van der Waals surface area (Å²) >= 11 is 0. The van der Waals surface area contributed by atoms with E-state index in [2.05, 4.69) is 11.8 Å². The van der Waals surface area contributed by atoms with E-state index in [0.29, 0.717) is 24.7 Å². The Balaban J connectivity index is 2.70. The van der Waals surface area contributed by atoms with Crippen LogP contribution >= 0.6 is 0 Å². The highest BCUT2D eigenvalue weighted by Crippen LogP contribution is 2.35. The van der Waals surface area contributed by atoms with Crippen LogP contribution in [0.1, 0.15) is 32.8 Å². The third-order valence-electron chi connectivity index (χ3n) is 3.54. The lowest BCUT2D eigenvalue weighted by Gasteiger charge is -2.19. The van der Waals surface area contributed by atoms with Gasteiger partial charge in [-0.25, -0.2) is 0 Å². The quantitative estimate of drug-likeness (QED) is 0.614. The van der Waals surface area contributed by atoms with Crippen molar-refractivity contribution < 1.29 is 14.6 Å². The number of aliphatic hydroxyl groups is 1. The third-order valence-corrected chi connectivity index (χ3v) is 3.54. The van der Waals surface area contributed by atoms with Crippen LogP contribution in [-0.2, 0) is 6.42 Å². The van der Waals surface area contributed by atoms with E-state index < -0.39 is 0 Å². The summed E-state index contributed by atoms with van der Waals surface area (Å²) in [6, 6.07) is 3.99. The van der Waals surface area contributed by atoms with Gasteiger partial charge in [0.15, 0.2) is 11.5 Å². The lowest BCUT2D eigenvalue weighted by Crippen LogP contribution is -2.27. The maximum atomic E-state index is 9.01. The fourth-order valence-corrected chi connectivity index (χ4v) is 2.47. The molecule has 5 nitrogen and oxygen atoms in total. The summed E-state index contributed by atoms with van der Waals surface area (Å²) in [6.07, 6.45) is 1.95. The van der Waals surface area contributed by atoms with Gasteiger partial charge in [-0.3, -0.25) is 0 Å². The van der Waals surface area contributed by atoms with Crippen LogP contribution in [0.2, 0.25) is 0 Å². The highest BCUT2D eigenvalue weighted by molar-refractivity contribution is 5.62. The van der Waals surface area contributed by atoms with Crippen LogP contribution < -0.4 is 15.2 Å². The Morgan fingerprint density at radius 2 is 1.82 bits per heavy atom. The minimum atomic E-state index is 0.207. The minimum Gasteiger partial charge on any atom is -0.490 e. The Hall–Kier alpha value is -1.46. The van der Waals surface area contributed by atoms with Crippen LogP contribution in [0.25, 0.3) is 0 Å². The first-order valence-electron chi connectivity index (χ1n) is 8.17. The molecule has 0 aromatic heterocycles. The van der Waals surface area contributed by atoms with Crippen molar-refractivity contribution >= 4 is 5.69 Å². The predicted molar refractivity (Wildman–Crippen MR) is 90.7 cm³/mol. The number of nitrogen functional groups attached to an aromatic ring is 1. The van der Waals surface area contributed by atoms with Gasteiger partial charge in [0.05, 0.1) is 25.5 Å². The molecule has 3 N–H and O–H groups in total. The van der Waals surface area contributed by atoms with Crippen molar-refractivity contribution in [2.45, 2.75) is 33.6 Å². The number of aliphatic hydroxyl groups excluding tert-OH is 1. The molecule has 0 amide bonds. The van der Waals surface area contributed by atoms with E-state index in [0.717, 1.165) is 43.8 Å². The van der Waals surface area contributed by atoms with Gasteiger partial charge in [-0.05, 0) is 57.5 Å². The van der Waals surface area contributed by atoms with Gasteiger partial charge in [-0.2, -0.15) is 0 Å². The van der Waals surface area contributed by atoms with E-state index >= 15 is 0 Å². The van der Waals surface area contributed by atoms with E-state index in [-0.39, 0.29) is 6.61 Å².